The number of nitrogens with zero attached hydrogens (tertiary/aromatic N) is 1. The fraction of sp³-hybridized carbons (Fsp3) is 0.500. The Morgan fingerprint density at radius 3 is 3.05 bits per heavy atom. The van der Waals surface area contributed by atoms with Crippen molar-refractivity contribution in [2.45, 2.75) is 19.4 Å². The average Bonchev–Trinajstić information content (AvgIpc) is 2.84. The fourth-order valence-corrected chi connectivity index (χ4v) is 3.44. The summed E-state index contributed by atoms with van der Waals surface area (Å²) in [4.78, 5) is 15.5. The molecule has 1 N–H and O–H groups in total. The molecule has 0 aliphatic carbocycles. The number of hydrogen-bond acceptors (Lipinski definition) is 3. The van der Waals surface area contributed by atoms with Crippen molar-refractivity contribution in [3.63, 3.8) is 0 Å². The van der Waals surface area contributed by atoms with Gasteiger partial charge in [0.25, 0.3) is 0 Å². The molecule has 1 aliphatic rings. The van der Waals surface area contributed by atoms with Gasteiger partial charge in [0.05, 0.1) is 16.8 Å². The molecule has 1 aliphatic heterocycles. The smallest absolute Gasteiger partial charge is 0.227 e. The van der Waals surface area contributed by atoms with E-state index in [0.29, 0.717) is 13.1 Å². The summed E-state index contributed by atoms with van der Waals surface area (Å²) < 4.78 is 0.764. The molecule has 0 radical (unpaired) electrons. The van der Waals surface area contributed by atoms with Crippen LogP contribution in [0.3, 0.4) is 0 Å². The maximum absolute atomic E-state index is 12.5. The number of amides is 1. The Balaban J connectivity index is 2.01. The minimum Gasteiger partial charge on any atom is -0.334 e. The number of halogens is 1. The molecular weight excluding hydrogens is 280 g/mol. The Labute approximate surface area is 123 Å². The minimum atomic E-state index is 0.101. The average molecular weight is 299 g/mol. The summed E-state index contributed by atoms with van der Waals surface area (Å²) >= 11 is 7.46. The largest absolute Gasteiger partial charge is 0.334 e. The van der Waals surface area contributed by atoms with E-state index in [-0.39, 0.29) is 11.8 Å². The summed E-state index contributed by atoms with van der Waals surface area (Å²) in [6.45, 7) is 6.76. The lowest BCUT2D eigenvalue weighted by molar-refractivity contribution is -0.136. The van der Waals surface area contributed by atoms with Crippen LogP contribution in [0.25, 0.3) is 0 Å². The van der Waals surface area contributed by atoms with Crippen molar-refractivity contribution in [2.75, 3.05) is 19.6 Å². The lowest BCUT2D eigenvalue weighted by atomic mass is 9.98. The first kappa shape index (κ1) is 14.6. The zero-order valence-electron chi connectivity index (χ0n) is 10.9. The molecule has 1 fully saturated rings. The quantitative estimate of drug-likeness (QED) is 0.848. The van der Waals surface area contributed by atoms with Crippen molar-refractivity contribution >= 4 is 28.8 Å². The van der Waals surface area contributed by atoms with Crippen LogP contribution in [0.4, 0.5) is 0 Å². The maximum atomic E-state index is 12.5. The number of carbonyl (C=O) groups is 1. The van der Waals surface area contributed by atoms with Gasteiger partial charge in [0, 0.05) is 18.0 Å². The van der Waals surface area contributed by atoms with Crippen LogP contribution in [0.1, 0.15) is 17.7 Å². The van der Waals surface area contributed by atoms with E-state index in [9.17, 15) is 4.79 Å². The molecule has 0 bridgehead atoms. The fourth-order valence-electron chi connectivity index (χ4n) is 2.33. The van der Waals surface area contributed by atoms with E-state index in [4.69, 9.17) is 11.6 Å². The zero-order chi connectivity index (χ0) is 13.7. The summed E-state index contributed by atoms with van der Waals surface area (Å²) in [7, 11) is 0. The molecule has 1 aromatic heterocycles. The Hall–Kier alpha value is -0.840. The number of carbonyl (C=O) groups excluding carboxylic acids is 1. The summed E-state index contributed by atoms with van der Waals surface area (Å²) in [6.07, 6.45) is 3.83. The van der Waals surface area contributed by atoms with E-state index < -0.39 is 0 Å². The van der Waals surface area contributed by atoms with Gasteiger partial charge < -0.3 is 10.2 Å². The van der Waals surface area contributed by atoms with Crippen molar-refractivity contribution in [3.8, 4) is 0 Å². The molecule has 0 unspecified atom stereocenters. The second-order valence-electron chi connectivity index (χ2n) is 4.76. The lowest BCUT2D eigenvalue weighted by Gasteiger charge is -2.28. The molecule has 1 saturated heterocycles. The van der Waals surface area contributed by atoms with Crippen LogP contribution in [0.2, 0.25) is 4.34 Å². The van der Waals surface area contributed by atoms with Crippen molar-refractivity contribution in [2.24, 2.45) is 5.92 Å². The van der Waals surface area contributed by atoms with Gasteiger partial charge in [-0.2, -0.15) is 0 Å². The third-order valence-corrected chi connectivity index (χ3v) is 4.50. The molecule has 0 aromatic carbocycles. The normalized spacial score (nSPS) is 19.1. The lowest BCUT2D eigenvalue weighted by Crippen LogP contribution is -2.42. The zero-order valence-corrected chi connectivity index (χ0v) is 12.5. The highest BCUT2D eigenvalue weighted by Crippen LogP contribution is 2.24. The molecule has 2 rings (SSSR count). The SMILES string of the molecule is C=CCN(Cc1ccc(Cl)s1)C(=O)[C@@H]1CCCNC1. The molecular formula is C14H19ClN2OS. The van der Waals surface area contributed by atoms with E-state index in [1.54, 1.807) is 6.08 Å². The number of hydrogen-bond donors (Lipinski definition) is 1. The van der Waals surface area contributed by atoms with Crippen LogP contribution in [-0.2, 0) is 11.3 Å². The predicted molar refractivity (Wildman–Crippen MR) is 80.5 cm³/mol. The van der Waals surface area contributed by atoms with Crippen molar-refractivity contribution in [1.29, 1.82) is 0 Å². The van der Waals surface area contributed by atoms with E-state index in [2.05, 4.69) is 11.9 Å². The molecule has 0 spiro atoms. The van der Waals surface area contributed by atoms with Gasteiger partial charge in [-0.25, -0.2) is 0 Å². The topological polar surface area (TPSA) is 32.3 Å². The maximum Gasteiger partial charge on any atom is 0.227 e. The number of rotatable bonds is 5. The third-order valence-electron chi connectivity index (χ3n) is 3.28. The second kappa shape index (κ2) is 7.08. The summed E-state index contributed by atoms with van der Waals surface area (Å²) in [5, 5.41) is 3.29. The van der Waals surface area contributed by atoms with Crippen LogP contribution in [0.15, 0.2) is 24.8 Å². The van der Waals surface area contributed by atoms with Crippen molar-refractivity contribution in [3.05, 3.63) is 34.0 Å². The minimum absolute atomic E-state index is 0.101. The standard InChI is InChI=1S/C14H19ClN2OS/c1-2-8-17(10-12-5-6-13(15)19-12)14(18)11-4-3-7-16-9-11/h2,5-6,11,16H,1,3-4,7-10H2/t11-/m1/s1. The van der Waals surface area contributed by atoms with Gasteiger partial charge in [0.1, 0.15) is 0 Å². The first-order valence-corrected chi connectivity index (χ1v) is 7.74. The van der Waals surface area contributed by atoms with Crippen molar-refractivity contribution in [1.82, 2.24) is 10.2 Å². The molecule has 1 atom stereocenters. The number of piperidine rings is 1. The molecule has 0 saturated carbocycles. The van der Waals surface area contributed by atoms with E-state index in [1.165, 1.54) is 11.3 Å². The molecule has 1 amide bonds. The third kappa shape index (κ3) is 4.06. The summed E-state index contributed by atoms with van der Waals surface area (Å²) in [5.74, 6) is 0.320. The number of thiophene rings is 1. The number of nitrogens with one attached hydrogen (secondary N) is 1. The van der Waals surface area contributed by atoms with E-state index in [1.807, 2.05) is 17.0 Å². The van der Waals surface area contributed by atoms with Crippen molar-refractivity contribution < 1.29 is 4.79 Å². The van der Waals surface area contributed by atoms with Crippen LogP contribution >= 0.6 is 22.9 Å². The molecule has 2 heterocycles. The molecule has 19 heavy (non-hydrogen) atoms. The Kier molecular flexibility index (Phi) is 5.43. The summed E-state index contributed by atoms with van der Waals surface area (Å²) in [6, 6.07) is 3.86. The van der Waals surface area contributed by atoms with Crippen LogP contribution in [0.5, 0.6) is 0 Å². The highest BCUT2D eigenvalue weighted by molar-refractivity contribution is 7.16. The van der Waals surface area contributed by atoms with Gasteiger partial charge in [0.15, 0.2) is 0 Å². The van der Waals surface area contributed by atoms with E-state index in [0.717, 1.165) is 35.1 Å². The van der Waals surface area contributed by atoms with Crippen LogP contribution in [-0.4, -0.2) is 30.4 Å². The highest BCUT2D eigenvalue weighted by Gasteiger charge is 2.25. The first-order valence-electron chi connectivity index (χ1n) is 6.55. The Morgan fingerprint density at radius 2 is 2.47 bits per heavy atom. The Bertz CT molecular complexity index is 440. The van der Waals surface area contributed by atoms with Gasteiger partial charge >= 0.3 is 0 Å². The van der Waals surface area contributed by atoms with Gasteiger partial charge in [0.2, 0.25) is 5.91 Å². The van der Waals surface area contributed by atoms with Crippen LogP contribution < -0.4 is 5.32 Å². The van der Waals surface area contributed by atoms with Gasteiger partial charge in [-0.05, 0) is 31.5 Å². The summed E-state index contributed by atoms with van der Waals surface area (Å²) in [5.41, 5.74) is 0. The molecule has 1 aromatic rings. The second-order valence-corrected chi connectivity index (χ2v) is 6.56. The molecule has 3 nitrogen and oxygen atoms in total. The highest BCUT2D eigenvalue weighted by atomic mass is 35.5. The molecule has 5 heteroatoms. The Morgan fingerprint density at radius 1 is 1.63 bits per heavy atom. The van der Waals surface area contributed by atoms with E-state index >= 15 is 0 Å². The predicted octanol–water partition coefficient (Wildman–Crippen LogP) is 2.92. The van der Waals surface area contributed by atoms with Gasteiger partial charge in [-0.3, -0.25) is 4.79 Å². The van der Waals surface area contributed by atoms with Crippen LogP contribution in [0, 0.1) is 5.92 Å². The van der Waals surface area contributed by atoms with Gasteiger partial charge in [-0.15, -0.1) is 17.9 Å². The first-order chi connectivity index (χ1) is 9.20. The monoisotopic (exact) mass is 298 g/mol. The molecule has 104 valence electrons. The van der Waals surface area contributed by atoms with Gasteiger partial charge in [-0.1, -0.05) is 17.7 Å².